The minimum atomic E-state index is -0.606. The van der Waals surface area contributed by atoms with Crippen molar-refractivity contribution in [3.63, 3.8) is 0 Å². The van der Waals surface area contributed by atoms with E-state index in [1.165, 1.54) is 18.3 Å². The zero-order chi connectivity index (χ0) is 14.9. The number of aliphatic hydroxyl groups is 1. The molecule has 5 N–H and O–H groups in total. The summed E-state index contributed by atoms with van der Waals surface area (Å²) in [5, 5.41) is 9.83. The van der Waals surface area contributed by atoms with Gasteiger partial charge in [0.15, 0.2) is 5.78 Å². The number of hydrogen-bond donors (Lipinski definition) is 3. The van der Waals surface area contributed by atoms with Crippen LogP contribution < -0.4 is 16.4 Å². The quantitative estimate of drug-likeness (QED) is 0.713. The van der Waals surface area contributed by atoms with E-state index in [-0.39, 0.29) is 23.6 Å². The van der Waals surface area contributed by atoms with Crippen LogP contribution in [0.4, 0.5) is 10.7 Å². The van der Waals surface area contributed by atoms with Crippen LogP contribution in [-0.4, -0.2) is 36.5 Å². The second-order valence-corrected chi connectivity index (χ2v) is 6.06. The van der Waals surface area contributed by atoms with E-state index in [4.69, 9.17) is 16.6 Å². The number of anilines is 2. The Kier molecular flexibility index (Phi) is 4.29. The second-order valence-electron chi connectivity index (χ2n) is 5.06. The standard InChI is InChI=1S/C13H19N3O3S/c1-7(18)11-10(14)9(12(15)19)13(20-11)16-4-2-8(6-17)3-5-16/h8,17H,2-6,14H2,1H3,(H2,15,19). The number of nitrogen functional groups attached to an aromatic ring is 1. The maximum atomic E-state index is 11.6. The molecule has 0 unspecified atom stereocenters. The molecule has 0 aromatic carbocycles. The number of nitrogens with two attached hydrogens (primary N) is 2. The fourth-order valence-corrected chi connectivity index (χ4v) is 3.65. The highest BCUT2D eigenvalue weighted by Gasteiger charge is 2.28. The van der Waals surface area contributed by atoms with Crippen LogP contribution in [0.15, 0.2) is 0 Å². The summed E-state index contributed by atoms with van der Waals surface area (Å²) in [4.78, 5) is 25.6. The Labute approximate surface area is 121 Å². The highest BCUT2D eigenvalue weighted by Crippen LogP contribution is 2.39. The fourth-order valence-electron chi connectivity index (χ4n) is 2.47. The molecular formula is C13H19N3O3S. The normalized spacial score (nSPS) is 16.4. The summed E-state index contributed by atoms with van der Waals surface area (Å²) >= 11 is 1.23. The maximum absolute atomic E-state index is 11.6. The van der Waals surface area contributed by atoms with Gasteiger partial charge in [-0.15, -0.1) is 11.3 Å². The van der Waals surface area contributed by atoms with Gasteiger partial charge < -0.3 is 21.5 Å². The summed E-state index contributed by atoms with van der Waals surface area (Å²) in [6, 6.07) is 0. The van der Waals surface area contributed by atoms with Crippen molar-refractivity contribution in [3.8, 4) is 0 Å². The summed E-state index contributed by atoms with van der Waals surface area (Å²) in [5.74, 6) is -0.468. The van der Waals surface area contributed by atoms with E-state index in [2.05, 4.69) is 0 Å². The van der Waals surface area contributed by atoms with E-state index in [0.717, 1.165) is 25.9 Å². The molecule has 0 aliphatic carbocycles. The number of carbonyl (C=O) groups excluding carboxylic acids is 2. The van der Waals surface area contributed by atoms with Crippen LogP contribution in [0.1, 0.15) is 39.8 Å². The molecule has 6 nitrogen and oxygen atoms in total. The Bertz CT molecular complexity index is 533. The predicted molar refractivity (Wildman–Crippen MR) is 79.3 cm³/mol. The first-order valence-electron chi connectivity index (χ1n) is 6.54. The molecule has 1 saturated heterocycles. The number of aliphatic hydroxyl groups excluding tert-OH is 1. The maximum Gasteiger partial charge on any atom is 0.253 e. The number of Topliss-reactive ketones (excluding diaryl/α,β-unsaturated/α-hetero) is 1. The Balaban J connectivity index is 2.34. The molecule has 1 amide bonds. The number of hydrogen-bond acceptors (Lipinski definition) is 6. The Morgan fingerprint density at radius 1 is 1.40 bits per heavy atom. The molecule has 1 aromatic heterocycles. The molecule has 7 heteroatoms. The van der Waals surface area contributed by atoms with E-state index in [0.29, 0.717) is 15.8 Å². The van der Waals surface area contributed by atoms with Crippen LogP contribution in [-0.2, 0) is 0 Å². The van der Waals surface area contributed by atoms with Crippen LogP contribution in [0.2, 0.25) is 0 Å². The molecule has 1 aromatic rings. The van der Waals surface area contributed by atoms with Crippen LogP contribution in [0.25, 0.3) is 0 Å². The number of primary amides is 1. The smallest absolute Gasteiger partial charge is 0.253 e. The van der Waals surface area contributed by atoms with Crippen LogP contribution in [0.5, 0.6) is 0 Å². The SMILES string of the molecule is CC(=O)c1sc(N2CCC(CO)CC2)c(C(N)=O)c1N. The molecule has 0 atom stereocenters. The van der Waals surface area contributed by atoms with Crippen molar-refractivity contribution in [2.24, 2.45) is 11.7 Å². The van der Waals surface area contributed by atoms with Gasteiger partial charge in [0, 0.05) is 26.6 Å². The number of piperidine rings is 1. The lowest BCUT2D eigenvalue weighted by Gasteiger charge is -2.32. The Morgan fingerprint density at radius 3 is 2.45 bits per heavy atom. The molecule has 110 valence electrons. The van der Waals surface area contributed by atoms with Crippen LogP contribution >= 0.6 is 11.3 Å². The number of amides is 1. The Hall–Kier alpha value is -1.60. The van der Waals surface area contributed by atoms with Crippen molar-refractivity contribution in [3.05, 3.63) is 10.4 Å². The van der Waals surface area contributed by atoms with Crippen LogP contribution in [0, 0.1) is 5.92 Å². The molecule has 2 rings (SSSR count). The average Bonchev–Trinajstić information content (AvgIpc) is 2.76. The van der Waals surface area contributed by atoms with E-state index in [1.807, 2.05) is 4.90 Å². The largest absolute Gasteiger partial charge is 0.397 e. The minimum Gasteiger partial charge on any atom is -0.397 e. The highest BCUT2D eigenvalue weighted by atomic mass is 32.1. The van der Waals surface area contributed by atoms with Gasteiger partial charge in [0.05, 0.1) is 16.1 Å². The molecule has 1 fully saturated rings. The van der Waals surface area contributed by atoms with Crippen molar-refractivity contribution in [2.75, 3.05) is 30.3 Å². The summed E-state index contributed by atoms with van der Waals surface area (Å²) in [7, 11) is 0. The predicted octanol–water partition coefficient (Wildman–Crippen LogP) is 0.841. The van der Waals surface area contributed by atoms with E-state index >= 15 is 0 Å². The molecule has 0 spiro atoms. The zero-order valence-electron chi connectivity index (χ0n) is 11.4. The van der Waals surface area contributed by atoms with Crippen molar-refractivity contribution in [2.45, 2.75) is 19.8 Å². The zero-order valence-corrected chi connectivity index (χ0v) is 12.2. The van der Waals surface area contributed by atoms with Crippen molar-refractivity contribution >= 4 is 33.7 Å². The molecular weight excluding hydrogens is 278 g/mol. The number of carbonyl (C=O) groups is 2. The van der Waals surface area contributed by atoms with Gasteiger partial charge in [-0.05, 0) is 18.8 Å². The third kappa shape index (κ3) is 2.64. The molecule has 0 bridgehead atoms. The van der Waals surface area contributed by atoms with Gasteiger partial charge in [-0.2, -0.15) is 0 Å². The number of rotatable bonds is 4. The molecule has 1 aliphatic rings. The molecule has 1 aliphatic heterocycles. The van der Waals surface area contributed by atoms with Gasteiger partial charge in [0.1, 0.15) is 5.00 Å². The minimum absolute atomic E-state index is 0.161. The fraction of sp³-hybridized carbons (Fsp3) is 0.538. The molecule has 0 saturated carbocycles. The highest BCUT2D eigenvalue weighted by molar-refractivity contribution is 7.19. The number of nitrogens with zero attached hydrogens (tertiary/aromatic N) is 1. The molecule has 20 heavy (non-hydrogen) atoms. The number of ketones is 1. The first-order valence-corrected chi connectivity index (χ1v) is 7.36. The lowest BCUT2D eigenvalue weighted by Crippen LogP contribution is -2.35. The Morgan fingerprint density at radius 2 is 2.00 bits per heavy atom. The summed E-state index contributed by atoms with van der Waals surface area (Å²) in [5.41, 5.74) is 11.7. The van der Waals surface area contributed by atoms with Gasteiger partial charge in [-0.3, -0.25) is 9.59 Å². The molecule has 2 heterocycles. The topological polar surface area (TPSA) is 110 Å². The first kappa shape index (κ1) is 14.8. The van der Waals surface area contributed by atoms with Crippen molar-refractivity contribution < 1.29 is 14.7 Å². The van der Waals surface area contributed by atoms with Crippen molar-refractivity contribution in [1.82, 2.24) is 0 Å². The summed E-state index contributed by atoms with van der Waals surface area (Å²) in [6.07, 6.45) is 1.70. The van der Waals surface area contributed by atoms with E-state index in [1.54, 1.807) is 0 Å². The lowest BCUT2D eigenvalue weighted by atomic mass is 9.98. The lowest BCUT2D eigenvalue weighted by molar-refractivity contribution is 0.100. The molecule has 0 radical (unpaired) electrons. The summed E-state index contributed by atoms with van der Waals surface area (Å²) < 4.78 is 0. The summed E-state index contributed by atoms with van der Waals surface area (Å²) in [6.45, 7) is 3.06. The van der Waals surface area contributed by atoms with Gasteiger partial charge in [-0.25, -0.2) is 0 Å². The van der Waals surface area contributed by atoms with Gasteiger partial charge >= 0.3 is 0 Å². The van der Waals surface area contributed by atoms with E-state index in [9.17, 15) is 9.59 Å². The third-order valence-corrected chi connectivity index (χ3v) is 5.02. The van der Waals surface area contributed by atoms with Crippen LogP contribution in [0.3, 0.4) is 0 Å². The monoisotopic (exact) mass is 297 g/mol. The average molecular weight is 297 g/mol. The van der Waals surface area contributed by atoms with Gasteiger partial charge in [-0.1, -0.05) is 0 Å². The third-order valence-electron chi connectivity index (χ3n) is 3.65. The van der Waals surface area contributed by atoms with E-state index < -0.39 is 5.91 Å². The van der Waals surface area contributed by atoms with Crippen molar-refractivity contribution in [1.29, 1.82) is 0 Å². The first-order chi connectivity index (χ1) is 9.45. The van der Waals surface area contributed by atoms with Gasteiger partial charge in [0.2, 0.25) is 0 Å². The second kappa shape index (κ2) is 5.80. The number of thiophene rings is 1. The van der Waals surface area contributed by atoms with Gasteiger partial charge in [0.25, 0.3) is 5.91 Å².